The molecule has 0 spiro atoms. The molecular formula is C13H19ClN2O. The molecule has 1 rings (SSSR count). The zero-order valence-corrected chi connectivity index (χ0v) is 10.9. The van der Waals surface area contributed by atoms with E-state index in [1.54, 1.807) is 12.1 Å². The summed E-state index contributed by atoms with van der Waals surface area (Å²) < 4.78 is 5.53. The number of unbranched alkanes of at least 4 members (excludes halogenated alkanes) is 2. The number of halogens is 1. The van der Waals surface area contributed by atoms with Crippen LogP contribution in [0.4, 0.5) is 0 Å². The number of nitrogen functional groups attached to an aromatic ring is 1. The maximum atomic E-state index is 7.30. The molecule has 0 atom stereocenters. The summed E-state index contributed by atoms with van der Waals surface area (Å²) in [5.74, 6) is 0.0299. The molecule has 0 aliphatic carbocycles. The van der Waals surface area contributed by atoms with Crippen molar-refractivity contribution in [3.63, 3.8) is 0 Å². The number of hydrogen-bond acceptors (Lipinski definition) is 2. The van der Waals surface area contributed by atoms with Crippen molar-refractivity contribution in [3.05, 3.63) is 34.3 Å². The highest BCUT2D eigenvalue weighted by atomic mass is 35.5. The van der Waals surface area contributed by atoms with E-state index in [-0.39, 0.29) is 5.84 Å². The summed E-state index contributed by atoms with van der Waals surface area (Å²) in [6.07, 6.45) is 3.47. The molecule has 0 aliphatic rings. The van der Waals surface area contributed by atoms with E-state index in [4.69, 9.17) is 27.5 Å². The van der Waals surface area contributed by atoms with E-state index in [2.05, 4.69) is 6.92 Å². The van der Waals surface area contributed by atoms with Crippen molar-refractivity contribution in [1.29, 1.82) is 5.41 Å². The average Bonchev–Trinajstić information content (AvgIpc) is 2.30. The molecule has 3 N–H and O–H groups in total. The van der Waals surface area contributed by atoms with Crippen LogP contribution in [0.5, 0.6) is 0 Å². The molecule has 94 valence electrons. The van der Waals surface area contributed by atoms with Crippen molar-refractivity contribution in [1.82, 2.24) is 0 Å². The quantitative estimate of drug-likeness (QED) is 0.445. The highest BCUT2D eigenvalue weighted by molar-refractivity contribution is 6.31. The van der Waals surface area contributed by atoms with Gasteiger partial charge < -0.3 is 10.5 Å². The Morgan fingerprint density at radius 3 is 2.76 bits per heavy atom. The molecule has 4 heteroatoms. The molecule has 0 aromatic heterocycles. The minimum absolute atomic E-state index is 0.0299. The molecular weight excluding hydrogens is 236 g/mol. The molecule has 0 amide bonds. The molecule has 0 saturated carbocycles. The third kappa shape index (κ3) is 4.75. The molecule has 1 aromatic carbocycles. The summed E-state index contributed by atoms with van der Waals surface area (Å²) in [4.78, 5) is 0. The minimum atomic E-state index is 0.0299. The van der Waals surface area contributed by atoms with Crippen LogP contribution in [0.1, 0.15) is 37.3 Å². The first-order valence-electron chi connectivity index (χ1n) is 5.85. The Balaban J connectivity index is 2.46. The molecule has 1 aromatic rings. The van der Waals surface area contributed by atoms with Crippen LogP contribution in [0.15, 0.2) is 18.2 Å². The van der Waals surface area contributed by atoms with Gasteiger partial charge in [0, 0.05) is 17.2 Å². The second-order valence-electron chi connectivity index (χ2n) is 3.98. The lowest BCUT2D eigenvalue weighted by Gasteiger charge is -2.07. The van der Waals surface area contributed by atoms with Crippen LogP contribution in [0.25, 0.3) is 0 Å². The van der Waals surface area contributed by atoms with Gasteiger partial charge >= 0.3 is 0 Å². The van der Waals surface area contributed by atoms with E-state index in [0.717, 1.165) is 18.6 Å². The van der Waals surface area contributed by atoms with Gasteiger partial charge in [0.2, 0.25) is 0 Å². The average molecular weight is 255 g/mol. The molecule has 0 heterocycles. The Morgan fingerprint density at radius 2 is 2.18 bits per heavy atom. The lowest BCUT2D eigenvalue weighted by Crippen LogP contribution is -2.11. The van der Waals surface area contributed by atoms with Crippen molar-refractivity contribution < 1.29 is 4.74 Å². The predicted octanol–water partition coefficient (Wildman–Crippen LogP) is 3.33. The zero-order chi connectivity index (χ0) is 12.7. The van der Waals surface area contributed by atoms with Gasteiger partial charge in [-0.1, -0.05) is 43.5 Å². The lowest BCUT2D eigenvalue weighted by molar-refractivity contribution is 0.117. The smallest absolute Gasteiger partial charge is 0.122 e. The first-order valence-corrected chi connectivity index (χ1v) is 6.23. The van der Waals surface area contributed by atoms with Gasteiger partial charge in [-0.25, -0.2) is 0 Å². The Kier molecular flexibility index (Phi) is 6.01. The van der Waals surface area contributed by atoms with Crippen LogP contribution >= 0.6 is 11.6 Å². The fourth-order valence-corrected chi connectivity index (χ4v) is 1.70. The fraction of sp³-hybridized carbons (Fsp3) is 0.462. The largest absolute Gasteiger partial charge is 0.384 e. The molecule has 0 bridgehead atoms. The first kappa shape index (κ1) is 14.0. The van der Waals surface area contributed by atoms with Gasteiger partial charge in [-0.2, -0.15) is 0 Å². The number of nitrogens with two attached hydrogens (primary N) is 1. The van der Waals surface area contributed by atoms with Gasteiger partial charge in [0.1, 0.15) is 5.84 Å². The van der Waals surface area contributed by atoms with Crippen LogP contribution in [0.2, 0.25) is 5.02 Å². The summed E-state index contributed by atoms with van der Waals surface area (Å²) in [7, 11) is 0. The van der Waals surface area contributed by atoms with E-state index < -0.39 is 0 Å². The van der Waals surface area contributed by atoms with Gasteiger partial charge in [0.05, 0.1) is 6.61 Å². The number of hydrogen-bond donors (Lipinski definition) is 2. The van der Waals surface area contributed by atoms with Gasteiger partial charge in [-0.05, 0) is 18.1 Å². The monoisotopic (exact) mass is 254 g/mol. The third-order valence-corrected chi connectivity index (χ3v) is 2.87. The van der Waals surface area contributed by atoms with Gasteiger partial charge in [-0.15, -0.1) is 0 Å². The highest BCUT2D eigenvalue weighted by Crippen LogP contribution is 2.18. The lowest BCUT2D eigenvalue weighted by atomic mass is 10.1. The topological polar surface area (TPSA) is 59.1 Å². The zero-order valence-electron chi connectivity index (χ0n) is 10.1. The molecule has 0 aliphatic heterocycles. The van der Waals surface area contributed by atoms with Gasteiger partial charge in [-0.3, -0.25) is 5.41 Å². The first-order chi connectivity index (χ1) is 8.15. The maximum absolute atomic E-state index is 7.30. The SMILES string of the molecule is CCCCCOCc1ccc(C(=N)N)cc1Cl. The molecule has 0 unspecified atom stereocenters. The summed E-state index contributed by atoms with van der Waals surface area (Å²) in [6, 6.07) is 5.35. The maximum Gasteiger partial charge on any atom is 0.122 e. The standard InChI is InChI=1S/C13H19ClN2O/c1-2-3-4-7-17-9-11-6-5-10(13(15)16)8-12(11)14/h5-6,8H,2-4,7,9H2,1H3,(H3,15,16). The normalized spacial score (nSPS) is 10.5. The Morgan fingerprint density at radius 1 is 1.41 bits per heavy atom. The number of ether oxygens (including phenoxy) is 1. The number of benzene rings is 1. The third-order valence-electron chi connectivity index (χ3n) is 2.51. The molecule has 17 heavy (non-hydrogen) atoms. The molecule has 0 saturated heterocycles. The Labute approximate surface area is 107 Å². The van der Waals surface area contributed by atoms with Crippen LogP contribution in [0.3, 0.4) is 0 Å². The van der Waals surface area contributed by atoms with Crippen molar-refractivity contribution in [2.45, 2.75) is 32.8 Å². The molecule has 3 nitrogen and oxygen atoms in total. The second kappa shape index (κ2) is 7.30. The second-order valence-corrected chi connectivity index (χ2v) is 4.39. The summed E-state index contributed by atoms with van der Waals surface area (Å²) >= 11 is 6.08. The van der Waals surface area contributed by atoms with Crippen LogP contribution in [-0.2, 0) is 11.3 Å². The van der Waals surface area contributed by atoms with E-state index in [1.165, 1.54) is 12.8 Å². The van der Waals surface area contributed by atoms with Crippen molar-refractivity contribution >= 4 is 17.4 Å². The van der Waals surface area contributed by atoms with Crippen LogP contribution in [-0.4, -0.2) is 12.4 Å². The van der Waals surface area contributed by atoms with Crippen molar-refractivity contribution in [3.8, 4) is 0 Å². The van der Waals surface area contributed by atoms with Gasteiger partial charge in [0.15, 0.2) is 0 Å². The molecule has 0 fully saturated rings. The summed E-state index contributed by atoms with van der Waals surface area (Å²) in [5.41, 5.74) is 6.96. The number of nitrogens with one attached hydrogen (secondary N) is 1. The van der Waals surface area contributed by atoms with E-state index in [0.29, 0.717) is 17.2 Å². The number of amidine groups is 1. The minimum Gasteiger partial charge on any atom is -0.384 e. The molecule has 0 radical (unpaired) electrons. The summed E-state index contributed by atoms with van der Waals surface area (Å²) in [5, 5.41) is 7.91. The van der Waals surface area contributed by atoms with Gasteiger partial charge in [0.25, 0.3) is 0 Å². The van der Waals surface area contributed by atoms with E-state index >= 15 is 0 Å². The fourth-order valence-electron chi connectivity index (χ4n) is 1.47. The van der Waals surface area contributed by atoms with Crippen LogP contribution in [0, 0.1) is 5.41 Å². The Bertz CT molecular complexity index is 380. The summed E-state index contributed by atoms with van der Waals surface area (Å²) in [6.45, 7) is 3.44. The van der Waals surface area contributed by atoms with Crippen LogP contribution < -0.4 is 5.73 Å². The predicted molar refractivity (Wildman–Crippen MR) is 71.6 cm³/mol. The van der Waals surface area contributed by atoms with Crippen molar-refractivity contribution in [2.75, 3.05) is 6.61 Å². The van der Waals surface area contributed by atoms with E-state index in [9.17, 15) is 0 Å². The van der Waals surface area contributed by atoms with E-state index in [1.807, 2.05) is 6.07 Å². The Hall–Kier alpha value is -1.06. The number of rotatable bonds is 7. The highest BCUT2D eigenvalue weighted by Gasteiger charge is 2.03. The van der Waals surface area contributed by atoms with Crippen molar-refractivity contribution in [2.24, 2.45) is 5.73 Å².